The minimum absolute atomic E-state index is 0.000556. The molecule has 0 saturated heterocycles. The predicted octanol–water partition coefficient (Wildman–Crippen LogP) is 2.71. The SMILES string of the molecule is CC(C)C(=O)c1ccc(Cl)nc1F. The van der Waals surface area contributed by atoms with Gasteiger partial charge in [-0.15, -0.1) is 0 Å². The van der Waals surface area contributed by atoms with E-state index >= 15 is 0 Å². The highest BCUT2D eigenvalue weighted by atomic mass is 35.5. The molecule has 0 saturated carbocycles. The van der Waals surface area contributed by atoms with E-state index in [1.54, 1.807) is 13.8 Å². The average Bonchev–Trinajstić information content (AvgIpc) is 2.03. The number of aromatic nitrogens is 1. The van der Waals surface area contributed by atoms with Crippen molar-refractivity contribution in [2.75, 3.05) is 0 Å². The Morgan fingerprint density at radius 2 is 2.15 bits per heavy atom. The summed E-state index contributed by atoms with van der Waals surface area (Å²) >= 11 is 5.44. The molecular formula is C9H9ClFNO. The zero-order valence-electron chi connectivity index (χ0n) is 7.34. The van der Waals surface area contributed by atoms with Crippen LogP contribution in [0.25, 0.3) is 0 Å². The fraction of sp³-hybridized carbons (Fsp3) is 0.333. The van der Waals surface area contributed by atoms with Crippen molar-refractivity contribution in [1.29, 1.82) is 0 Å². The van der Waals surface area contributed by atoms with Crippen LogP contribution >= 0.6 is 11.6 Å². The number of ketones is 1. The number of hydrogen-bond donors (Lipinski definition) is 0. The molecule has 13 heavy (non-hydrogen) atoms. The maximum atomic E-state index is 13.0. The van der Waals surface area contributed by atoms with Crippen LogP contribution in [0.1, 0.15) is 24.2 Å². The van der Waals surface area contributed by atoms with E-state index in [0.29, 0.717) is 0 Å². The van der Waals surface area contributed by atoms with Crippen LogP contribution in [0.4, 0.5) is 4.39 Å². The molecule has 1 aromatic heterocycles. The van der Waals surface area contributed by atoms with Crippen molar-refractivity contribution in [3.8, 4) is 0 Å². The van der Waals surface area contributed by atoms with Gasteiger partial charge in [-0.05, 0) is 12.1 Å². The number of halogens is 2. The van der Waals surface area contributed by atoms with Gasteiger partial charge in [0, 0.05) is 5.92 Å². The van der Waals surface area contributed by atoms with E-state index in [-0.39, 0.29) is 22.4 Å². The van der Waals surface area contributed by atoms with Crippen LogP contribution in [-0.2, 0) is 0 Å². The van der Waals surface area contributed by atoms with Crippen molar-refractivity contribution in [2.45, 2.75) is 13.8 Å². The second-order valence-electron chi connectivity index (χ2n) is 2.99. The summed E-state index contributed by atoms with van der Waals surface area (Å²) in [5.74, 6) is -1.30. The highest BCUT2D eigenvalue weighted by molar-refractivity contribution is 6.29. The Kier molecular flexibility index (Phi) is 2.98. The van der Waals surface area contributed by atoms with Crippen molar-refractivity contribution in [2.24, 2.45) is 5.92 Å². The van der Waals surface area contributed by atoms with Crippen LogP contribution in [0.5, 0.6) is 0 Å². The van der Waals surface area contributed by atoms with Gasteiger partial charge in [0.05, 0.1) is 5.56 Å². The zero-order valence-corrected chi connectivity index (χ0v) is 8.10. The zero-order chi connectivity index (χ0) is 10.0. The van der Waals surface area contributed by atoms with E-state index in [1.807, 2.05) is 0 Å². The Morgan fingerprint density at radius 1 is 1.54 bits per heavy atom. The molecule has 0 amide bonds. The molecule has 0 unspecified atom stereocenters. The van der Waals surface area contributed by atoms with Gasteiger partial charge in [0.1, 0.15) is 5.15 Å². The molecule has 0 spiro atoms. The fourth-order valence-electron chi connectivity index (χ4n) is 0.907. The summed E-state index contributed by atoms with van der Waals surface area (Å²) in [7, 11) is 0. The van der Waals surface area contributed by atoms with Gasteiger partial charge in [0.15, 0.2) is 5.78 Å². The van der Waals surface area contributed by atoms with E-state index in [4.69, 9.17) is 11.6 Å². The molecule has 0 aromatic carbocycles. The Bertz CT molecular complexity index is 338. The lowest BCUT2D eigenvalue weighted by Crippen LogP contribution is -2.10. The van der Waals surface area contributed by atoms with Gasteiger partial charge < -0.3 is 0 Å². The quantitative estimate of drug-likeness (QED) is 0.544. The first-order valence-corrected chi connectivity index (χ1v) is 4.26. The molecule has 0 radical (unpaired) electrons. The first kappa shape index (κ1) is 10.1. The lowest BCUT2D eigenvalue weighted by atomic mass is 10.0. The number of pyridine rings is 1. The Hall–Kier alpha value is -0.960. The molecule has 0 aliphatic heterocycles. The minimum atomic E-state index is -0.800. The highest BCUT2D eigenvalue weighted by Crippen LogP contribution is 2.14. The van der Waals surface area contributed by atoms with Crippen LogP contribution in [-0.4, -0.2) is 10.8 Å². The van der Waals surface area contributed by atoms with E-state index in [0.717, 1.165) is 0 Å². The van der Waals surface area contributed by atoms with Crippen LogP contribution in [0.2, 0.25) is 5.15 Å². The molecule has 1 aromatic rings. The van der Waals surface area contributed by atoms with Gasteiger partial charge in [-0.3, -0.25) is 4.79 Å². The smallest absolute Gasteiger partial charge is 0.225 e. The maximum Gasteiger partial charge on any atom is 0.225 e. The third-order valence-corrected chi connectivity index (χ3v) is 1.82. The number of rotatable bonds is 2. The Balaban J connectivity index is 3.09. The second kappa shape index (κ2) is 3.83. The summed E-state index contributed by atoms with van der Waals surface area (Å²) in [6.45, 7) is 3.41. The molecule has 0 aliphatic carbocycles. The Labute approximate surface area is 80.7 Å². The van der Waals surface area contributed by atoms with Crippen molar-refractivity contribution in [3.63, 3.8) is 0 Å². The van der Waals surface area contributed by atoms with Crippen LogP contribution in [0, 0.1) is 11.9 Å². The topological polar surface area (TPSA) is 30.0 Å². The third kappa shape index (κ3) is 2.25. The molecular weight excluding hydrogens is 193 g/mol. The fourth-order valence-corrected chi connectivity index (χ4v) is 1.04. The predicted molar refractivity (Wildman–Crippen MR) is 48.4 cm³/mol. The number of nitrogens with zero attached hydrogens (tertiary/aromatic N) is 1. The normalized spacial score (nSPS) is 10.5. The number of Topliss-reactive ketones (excluding diaryl/α,β-unsaturated/α-hetero) is 1. The van der Waals surface area contributed by atoms with Gasteiger partial charge >= 0.3 is 0 Å². The molecule has 1 rings (SSSR count). The monoisotopic (exact) mass is 201 g/mol. The van der Waals surface area contributed by atoms with E-state index in [9.17, 15) is 9.18 Å². The van der Waals surface area contributed by atoms with Crippen LogP contribution < -0.4 is 0 Å². The average molecular weight is 202 g/mol. The van der Waals surface area contributed by atoms with Crippen molar-refractivity contribution in [3.05, 3.63) is 28.8 Å². The van der Waals surface area contributed by atoms with Crippen molar-refractivity contribution >= 4 is 17.4 Å². The van der Waals surface area contributed by atoms with Crippen LogP contribution in [0.3, 0.4) is 0 Å². The van der Waals surface area contributed by atoms with E-state index in [2.05, 4.69) is 4.98 Å². The van der Waals surface area contributed by atoms with Gasteiger partial charge in [0.25, 0.3) is 0 Å². The number of carbonyl (C=O) groups is 1. The first-order chi connectivity index (χ1) is 6.02. The molecule has 70 valence electrons. The van der Waals surface area contributed by atoms with Gasteiger partial charge in [-0.25, -0.2) is 4.98 Å². The molecule has 0 fully saturated rings. The minimum Gasteiger partial charge on any atom is -0.294 e. The second-order valence-corrected chi connectivity index (χ2v) is 3.38. The largest absolute Gasteiger partial charge is 0.294 e. The summed E-state index contributed by atoms with van der Waals surface area (Å²) in [5, 5.41) is 0.0535. The lowest BCUT2D eigenvalue weighted by Gasteiger charge is -2.04. The molecule has 1 heterocycles. The van der Waals surface area contributed by atoms with E-state index in [1.165, 1.54) is 12.1 Å². The van der Waals surface area contributed by atoms with Crippen LogP contribution in [0.15, 0.2) is 12.1 Å². The highest BCUT2D eigenvalue weighted by Gasteiger charge is 2.15. The molecule has 0 aliphatic rings. The van der Waals surface area contributed by atoms with Crippen molar-refractivity contribution < 1.29 is 9.18 Å². The maximum absolute atomic E-state index is 13.0. The summed E-state index contributed by atoms with van der Waals surface area (Å²) in [5.41, 5.74) is -0.000556. The summed E-state index contributed by atoms with van der Waals surface area (Å²) in [6.07, 6.45) is 0. The molecule has 0 atom stereocenters. The first-order valence-electron chi connectivity index (χ1n) is 3.88. The van der Waals surface area contributed by atoms with Gasteiger partial charge in [-0.2, -0.15) is 4.39 Å². The Morgan fingerprint density at radius 3 is 2.62 bits per heavy atom. The van der Waals surface area contributed by atoms with Gasteiger partial charge in [-0.1, -0.05) is 25.4 Å². The number of hydrogen-bond acceptors (Lipinski definition) is 2. The standard InChI is InChI=1S/C9H9ClFNO/c1-5(2)8(13)6-3-4-7(10)12-9(6)11/h3-5H,1-2H3. The summed E-state index contributed by atoms with van der Waals surface area (Å²) < 4.78 is 13.0. The number of carbonyl (C=O) groups excluding carboxylic acids is 1. The molecule has 0 bridgehead atoms. The summed E-state index contributed by atoms with van der Waals surface area (Å²) in [6, 6.07) is 2.76. The molecule has 4 heteroatoms. The van der Waals surface area contributed by atoms with Gasteiger partial charge in [0.2, 0.25) is 5.95 Å². The lowest BCUT2D eigenvalue weighted by molar-refractivity contribution is 0.0934. The summed E-state index contributed by atoms with van der Waals surface area (Å²) in [4.78, 5) is 14.7. The molecule has 0 N–H and O–H groups in total. The molecule has 2 nitrogen and oxygen atoms in total. The van der Waals surface area contributed by atoms with Crippen molar-refractivity contribution in [1.82, 2.24) is 4.98 Å². The van der Waals surface area contributed by atoms with E-state index < -0.39 is 5.95 Å². The third-order valence-electron chi connectivity index (χ3n) is 1.60.